The van der Waals surface area contributed by atoms with E-state index in [0.29, 0.717) is 31.5 Å². The van der Waals surface area contributed by atoms with Crippen molar-refractivity contribution in [3.8, 4) is 0 Å². The average Bonchev–Trinajstić information content (AvgIpc) is 3.28. The van der Waals surface area contributed by atoms with Gasteiger partial charge in [-0.3, -0.25) is 14.6 Å². The average molecular weight is 961 g/mol. The van der Waals surface area contributed by atoms with Gasteiger partial charge >= 0.3 is 5.97 Å². The number of para-hydroxylation sites is 1. The van der Waals surface area contributed by atoms with Crippen LogP contribution in [-0.4, -0.2) is 185 Å². The molecule has 0 spiro atoms. The Balaban J connectivity index is 1.48. The SMILES string of the molecule is CC[C@H]1OC(=O)[C@H](C)[C@@H](OC2C[C@@](C)(OC)[C@@H](O)[C@H](C)O2)[C@H](C)[C@@H](O[C@@H]2O[C@H](C)C[C@H](N(C)C)[C@H]2OCCCNC(=O)c2cnc3ccccc3c2)[C@](C)(O)C[C@@H](C)CN(C)[C@H](C)[C@@H](O)[C@]1(C)O. The monoisotopic (exact) mass is 961 g/mol. The summed E-state index contributed by atoms with van der Waals surface area (Å²) >= 11 is 0. The summed E-state index contributed by atoms with van der Waals surface area (Å²) in [4.78, 5) is 36.1. The summed E-state index contributed by atoms with van der Waals surface area (Å²) in [6, 6.07) is 8.72. The molecule has 5 N–H and O–H groups in total. The fourth-order valence-electron chi connectivity index (χ4n) is 10.7. The Hall–Kier alpha value is -2.91. The number of aliphatic hydroxyl groups is 4. The Kier molecular flexibility index (Phi) is 19.4. The number of fused-ring (bicyclic) bond motifs is 1. The molecule has 3 saturated heterocycles. The number of hydrogen-bond acceptors (Lipinski definition) is 16. The predicted octanol–water partition coefficient (Wildman–Crippen LogP) is 4.29. The largest absolute Gasteiger partial charge is 0.459 e. The molecule has 1 aromatic heterocycles. The molecule has 3 fully saturated rings. The molecule has 3 aliphatic heterocycles. The topological polar surface area (TPSA) is 211 Å². The molecule has 5 rings (SSSR count). The Morgan fingerprint density at radius 2 is 1.68 bits per heavy atom. The number of cyclic esters (lactones) is 1. The fourth-order valence-corrected chi connectivity index (χ4v) is 10.7. The van der Waals surface area contributed by atoms with Gasteiger partial charge in [-0.25, -0.2) is 0 Å². The number of carbonyl (C=O) groups is 2. The van der Waals surface area contributed by atoms with E-state index in [-0.39, 0.29) is 49.8 Å². The number of nitrogens with one attached hydrogen (secondary N) is 1. The number of ether oxygens (including phenoxy) is 7. The third kappa shape index (κ3) is 13.1. The number of esters is 1. The van der Waals surface area contributed by atoms with Crippen LogP contribution in [0.1, 0.15) is 112 Å². The normalized spacial score (nSPS) is 40.6. The summed E-state index contributed by atoms with van der Waals surface area (Å²) in [7, 11) is 7.31. The van der Waals surface area contributed by atoms with E-state index in [1.54, 1.807) is 40.8 Å². The van der Waals surface area contributed by atoms with Gasteiger partial charge in [-0.1, -0.05) is 39.0 Å². The molecule has 0 saturated carbocycles. The second-order valence-corrected chi connectivity index (χ2v) is 21.0. The number of nitrogens with zero attached hydrogens (tertiary/aromatic N) is 3. The van der Waals surface area contributed by atoms with E-state index >= 15 is 0 Å². The third-order valence-corrected chi connectivity index (χ3v) is 15.0. The van der Waals surface area contributed by atoms with Crippen molar-refractivity contribution in [3.05, 3.63) is 42.1 Å². The molecule has 0 radical (unpaired) electrons. The maximum atomic E-state index is 14.5. The first-order chi connectivity index (χ1) is 31.8. The Labute approximate surface area is 404 Å². The first-order valence-corrected chi connectivity index (χ1v) is 24.6. The molecule has 1 amide bonds. The summed E-state index contributed by atoms with van der Waals surface area (Å²) < 4.78 is 45.5. The van der Waals surface area contributed by atoms with Gasteiger partial charge in [-0.15, -0.1) is 0 Å². The van der Waals surface area contributed by atoms with Gasteiger partial charge in [0.05, 0.1) is 52.6 Å². The number of benzene rings is 1. The lowest BCUT2D eigenvalue weighted by Crippen LogP contribution is -2.61. The Morgan fingerprint density at radius 1 is 0.985 bits per heavy atom. The second kappa shape index (κ2) is 23.5. The molecule has 4 heterocycles. The predicted molar refractivity (Wildman–Crippen MR) is 257 cm³/mol. The fraction of sp³-hybridized carbons (Fsp3) is 0.784. The number of likely N-dealkylation sites (N-methyl/N-ethyl adjacent to an activating group) is 2. The first kappa shape index (κ1) is 56.0. The highest BCUT2D eigenvalue weighted by atomic mass is 16.7. The first-order valence-electron chi connectivity index (χ1n) is 24.6. The highest BCUT2D eigenvalue weighted by molar-refractivity contribution is 5.97. The van der Waals surface area contributed by atoms with E-state index in [4.69, 9.17) is 33.2 Å². The minimum absolute atomic E-state index is 0.116. The van der Waals surface area contributed by atoms with E-state index in [1.807, 2.05) is 84.1 Å². The van der Waals surface area contributed by atoms with Crippen LogP contribution < -0.4 is 5.32 Å². The van der Waals surface area contributed by atoms with Crippen LogP contribution in [0.2, 0.25) is 0 Å². The van der Waals surface area contributed by atoms with E-state index in [1.165, 1.54) is 14.0 Å². The number of methoxy groups -OCH3 is 1. The van der Waals surface area contributed by atoms with Crippen molar-refractivity contribution in [3.63, 3.8) is 0 Å². The van der Waals surface area contributed by atoms with Gasteiger partial charge in [-0.05, 0) is 113 Å². The summed E-state index contributed by atoms with van der Waals surface area (Å²) in [5, 5.41) is 51.5. The van der Waals surface area contributed by atoms with Crippen LogP contribution in [0.25, 0.3) is 10.9 Å². The van der Waals surface area contributed by atoms with Crippen molar-refractivity contribution in [1.29, 1.82) is 0 Å². The second-order valence-electron chi connectivity index (χ2n) is 21.0. The van der Waals surface area contributed by atoms with Crippen molar-refractivity contribution in [2.24, 2.45) is 17.8 Å². The van der Waals surface area contributed by atoms with E-state index in [2.05, 4.69) is 15.2 Å². The quantitative estimate of drug-likeness (QED) is 0.140. The molecule has 386 valence electrons. The van der Waals surface area contributed by atoms with Crippen LogP contribution in [0.4, 0.5) is 0 Å². The number of aliphatic hydroxyl groups excluding tert-OH is 2. The molecule has 17 nitrogen and oxygen atoms in total. The van der Waals surface area contributed by atoms with E-state index in [9.17, 15) is 30.0 Å². The molecule has 1 unspecified atom stereocenters. The van der Waals surface area contributed by atoms with Gasteiger partial charge in [0.25, 0.3) is 5.91 Å². The van der Waals surface area contributed by atoms with Crippen molar-refractivity contribution < 1.29 is 63.2 Å². The number of hydrogen-bond donors (Lipinski definition) is 5. The Bertz CT molecular complexity index is 1940. The molecule has 3 aliphatic rings. The van der Waals surface area contributed by atoms with Gasteiger partial charge in [0.1, 0.15) is 30.0 Å². The highest BCUT2D eigenvalue weighted by Crippen LogP contribution is 2.40. The van der Waals surface area contributed by atoms with Gasteiger partial charge in [0.2, 0.25) is 0 Å². The van der Waals surface area contributed by atoms with Crippen molar-refractivity contribution >= 4 is 22.8 Å². The molecular weight excluding hydrogens is 877 g/mol. The van der Waals surface area contributed by atoms with Crippen LogP contribution >= 0.6 is 0 Å². The molecule has 17 heteroatoms. The molecule has 68 heavy (non-hydrogen) atoms. The highest BCUT2D eigenvalue weighted by Gasteiger charge is 2.53. The van der Waals surface area contributed by atoms with Crippen molar-refractivity contribution in [1.82, 2.24) is 20.1 Å². The van der Waals surface area contributed by atoms with Crippen LogP contribution in [0.15, 0.2) is 36.5 Å². The van der Waals surface area contributed by atoms with Crippen LogP contribution in [0, 0.1) is 17.8 Å². The van der Waals surface area contributed by atoms with Gasteiger partial charge in [-0.2, -0.15) is 0 Å². The minimum atomic E-state index is -1.83. The zero-order valence-corrected chi connectivity index (χ0v) is 43.1. The maximum Gasteiger partial charge on any atom is 0.311 e. The van der Waals surface area contributed by atoms with Crippen LogP contribution in [0.3, 0.4) is 0 Å². The summed E-state index contributed by atoms with van der Waals surface area (Å²) in [5.41, 5.74) is -3.20. The Morgan fingerprint density at radius 3 is 2.34 bits per heavy atom. The van der Waals surface area contributed by atoms with E-state index < -0.39 is 96.0 Å². The zero-order chi connectivity index (χ0) is 50.5. The number of amides is 1. The summed E-state index contributed by atoms with van der Waals surface area (Å²) in [6.45, 7) is 18.8. The molecular formula is C51H84N4O13. The van der Waals surface area contributed by atoms with Crippen molar-refractivity contribution in [2.45, 2.75) is 192 Å². The lowest BCUT2D eigenvalue weighted by atomic mass is 9.77. The molecule has 18 atom stereocenters. The zero-order valence-electron chi connectivity index (χ0n) is 43.1. The molecule has 0 bridgehead atoms. The lowest BCUT2D eigenvalue weighted by Gasteiger charge is -2.49. The smallest absolute Gasteiger partial charge is 0.311 e. The number of rotatable bonds is 13. The lowest BCUT2D eigenvalue weighted by molar-refractivity contribution is -0.321. The molecule has 1 aromatic carbocycles. The van der Waals surface area contributed by atoms with Crippen molar-refractivity contribution in [2.75, 3.05) is 47.9 Å². The summed E-state index contributed by atoms with van der Waals surface area (Å²) in [6.07, 6.45) is -5.81. The number of carbonyl (C=O) groups excluding carboxylic acids is 2. The summed E-state index contributed by atoms with van der Waals surface area (Å²) in [5.74, 6) is -2.91. The molecule has 0 aliphatic carbocycles. The van der Waals surface area contributed by atoms with Crippen LogP contribution in [-0.2, 0) is 38.0 Å². The standard InChI is InChI=1S/C51H84N4O13/c1-15-39-51(10,61)43(56)33(6)55(13)28-29(2)25-49(8,60)45(31(4)41(32(5)47(59)66-39)67-40-26-50(9,62-14)44(57)34(7)65-40)68-48-42(38(54(11)12)23-30(3)64-48)63-22-18-21-52-46(58)36-24-35-19-16-17-20-37(35)53-27-36/h16-17,19-20,24,27,29-34,38-45,48,56-57,60-61H,15,18,21-23,25-26,28H2,1-14H3,(H,52,58)/t29-,30-,31+,32-,33-,34+,38+,39-,40?,41+,42-,43-,44+,45-,48+,49-,50-,51-/m1/s1. The third-order valence-electron chi connectivity index (χ3n) is 15.0. The maximum absolute atomic E-state index is 14.5. The number of pyridine rings is 1. The molecule has 2 aromatic rings. The van der Waals surface area contributed by atoms with Crippen LogP contribution in [0.5, 0.6) is 0 Å². The minimum Gasteiger partial charge on any atom is -0.459 e. The van der Waals surface area contributed by atoms with E-state index in [0.717, 1.165) is 10.9 Å². The van der Waals surface area contributed by atoms with Gasteiger partial charge in [0, 0.05) is 62.8 Å². The van der Waals surface area contributed by atoms with Gasteiger partial charge in [0.15, 0.2) is 12.6 Å². The number of aromatic nitrogens is 1. The van der Waals surface area contributed by atoms with Gasteiger partial charge < -0.3 is 68.7 Å².